The van der Waals surface area contributed by atoms with Gasteiger partial charge in [0.1, 0.15) is 17.2 Å². The molecule has 334 valence electrons. The fourth-order valence-corrected chi connectivity index (χ4v) is 10.1. The average Bonchev–Trinajstić information content (AvgIpc) is 3.73. The Morgan fingerprint density at radius 3 is 2.30 bits per heavy atom. The molecule has 1 saturated heterocycles. The van der Waals surface area contributed by atoms with Crippen molar-refractivity contribution in [1.29, 1.82) is 0 Å². The molecule has 12 nitrogen and oxygen atoms in total. The lowest BCUT2D eigenvalue weighted by Crippen LogP contribution is -2.47. The summed E-state index contributed by atoms with van der Waals surface area (Å²) in [5.41, 5.74) is 7.64. The third-order valence-electron chi connectivity index (χ3n) is 12.1. The maximum Gasteiger partial charge on any atom is 0.268 e. The van der Waals surface area contributed by atoms with Crippen LogP contribution in [0.15, 0.2) is 131 Å². The van der Waals surface area contributed by atoms with Gasteiger partial charge in [-0.3, -0.25) is 9.69 Å². The van der Waals surface area contributed by atoms with Crippen LogP contribution < -0.4 is 24.2 Å². The monoisotopic (exact) mass is 921 g/mol. The number of aromatic amines is 1. The van der Waals surface area contributed by atoms with Crippen molar-refractivity contribution in [2.75, 3.05) is 44.2 Å². The van der Waals surface area contributed by atoms with E-state index in [9.17, 15) is 21.6 Å². The molecule has 0 bridgehead atoms. The number of fused-ring (bicyclic) bond motifs is 1. The van der Waals surface area contributed by atoms with Crippen LogP contribution in [-0.4, -0.2) is 72.0 Å². The first kappa shape index (κ1) is 44.9. The van der Waals surface area contributed by atoms with Crippen LogP contribution in [0.4, 0.5) is 5.69 Å². The number of halogens is 1. The van der Waals surface area contributed by atoms with Crippen molar-refractivity contribution in [3.63, 3.8) is 0 Å². The molecule has 4 N–H and O–H groups in total. The van der Waals surface area contributed by atoms with Crippen LogP contribution in [-0.2, 0) is 26.5 Å². The van der Waals surface area contributed by atoms with Crippen molar-refractivity contribution < 1.29 is 31.1 Å². The zero-order chi connectivity index (χ0) is 45.2. The van der Waals surface area contributed by atoms with Crippen LogP contribution in [0.1, 0.15) is 60.2 Å². The number of aryl methyl sites for hydroxylation is 1. The third-order valence-corrected chi connectivity index (χ3v) is 14.6. The summed E-state index contributed by atoms with van der Waals surface area (Å²) in [6.45, 7) is 10.8. The predicted molar refractivity (Wildman–Crippen MR) is 252 cm³/mol. The number of carbonyl (C=O) groups excluding carboxylic acids is 1. The molecular weight excluding hydrogens is 870 g/mol. The number of aromatic nitrogens is 1. The molecule has 1 aliphatic heterocycles. The van der Waals surface area contributed by atoms with Crippen LogP contribution in [0.5, 0.6) is 17.2 Å². The summed E-state index contributed by atoms with van der Waals surface area (Å²) in [6, 6.07) is 31.6. The fourth-order valence-electron chi connectivity index (χ4n) is 8.41. The zero-order valence-electron chi connectivity index (χ0n) is 36.1. The van der Waals surface area contributed by atoms with Crippen LogP contribution in [0.3, 0.4) is 0 Å². The Kier molecular flexibility index (Phi) is 13.0. The molecule has 0 atom stereocenters. The molecule has 1 fully saturated rings. The predicted octanol–water partition coefficient (Wildman–Crippen LogP) is 9.10. The summed E-state index contributed by atoms with van der Waals surface area (Å²) in [4.78, 5) is 21.8. The maximum atomic E-state index is 14.0. The molecule has 1 aromatic heterocycles. The normalized spacial score (nSPS) is 15.9. The highest BCUT2D eigenvalue weighted by atomic mass is 35.5. The van der Waals surface area contributed by atoms with Crippen molar-refractivity contribution in [2.45, 2.75) is 56.2 Å². The van der Waals surface area contributed by atoms with E-state index < -0.39 is 26.0 Å². The highest BCUT2D eigenvalue weighted by Gasteiger charge is 2.30. The van der Waals surface area contributed by atoms with Gasteiger partial charge in [0.15, 0.2) is 0 Å². The first-order chi connectivity index (χ1) is 30.5. The number of primary sulfonamides is 1. The first-order valence-electron chi connectivity index (χ1n) is 21.3. The third kappa shape index (κ3) is 10.6. The Morgan fingerprint density at radius 2 is 1.58 bits per heavy atom. The number of hydrogen-bond acceptors (Lipinski definition) is 9. The second kappa shape index (κ2) is 18.5. The Labute approximate surface area is 380 Å². The molecule has 2 aliphatic rings. The number of benzene rings is 5. The molecule has 0 radical (unpaired) electrons. The van der Waals surface area contributed by atoms with Crippen molar-refractivity contribution >= 4 is 59.7 Å². The van der Waals surface area contributed by atoms with Crippen molar-refractivity contribution in [2.24, 2.45) is 10.6 Å². The number of nitrogens with one attached hydrogen (secondary N) is 2. The fraction of sp³-hybridized carbons (Fsp3) is 0.286. The number of sulfonamides is 2. The molecule has 2 heterocycles. The lowest BCUT2D eigenvalue weighted by Gasteiger charge is -2.39. The quantitative estimate of drug-likeness (QED) is 0.0967. The topological polar surface area (TPSA) is 164 Å². The van der Waals surface area contributed by atoms with Gasteiger partial charge in [0.25, 0.3) is 15.9 Å². The number of carbonyl (C=O) groups is 1. The van der Waals surface area contributed by atoms with E-state index in [-0.39, 0.29) is 33.1 Å². The number of nitrogens with two attached hydrogens (primary N) is 1. The van der Waals surface area contributed by atoms with Gasteiger partial charge in [0.2, 0.25) is 10.0 Å². The molecule has 1 aliphatic carbocycles. The van der Waals surface area contributed by atoms with Gasteiger partial charge < -0.3 is 19.4 Å². The number of hydrogen-bond donors (Lipinski definition) is 3. The van der Waals surface area contributed by atoms with Crippen molar-refractivity contribution in [3.05, 3.63) is 148 Å². The summed E-state index contributed by atoms with van der Waals surface area (Å²) in [6.07, 6.45) is 5.55. The van der Waals surface area contributed by atoms with E-state index >= 15 is 0 Å². The molecule has 0 saturated carbocycles. The summed E-state index contributed by atoms with van der Waals surface area (Å²) >= 11 is 6.25. The Bertz CT molecular complexity index is 2940. The van der Waals surface area contributed by atoms with Gasteiger partial charge in [0, 0.05) is 73.0 Å². The molecule has 15 heteroatoms. The zero-order valence-corrected chi connectivity index (χ0v) is 38.5. The number of amides is 1. The van der Waals surface area contributed by atoms with Gasteiger partial charge >= 0.3 is 0 Å². The number of rotatable bonds is 14. The van der Waals surface area contributed by atoms with E-state index in [1.165, 1.54) is 41.0 Å². The summed E-state index contributed by atoms with van der Waals surface area (Å²) < 4.78 is 65.1. The van der Waals surface area contributed by atoms with Gasteiger partial charge in [-0.1, -0.05) is 55.3 Å². The van der Waals surface area contributed by atoms with Gasteiger partial charge in [-0.15, -0.1) is 0 Å². The highest BCUT2D eigenvalue weighted by molar-refractivity contribution is 7.90. The van der Waals surface area contributed by atoms with Gasteiger partial charge in [-0.25, -0.2) is 26.7 Å². The highest BCUT2D eigenvalue weighted by Crippen LogP contribution is 2.43. The van der Waals surface area contributed by atoms with Crippen LogP contribution in [0, 0.1) is 12.3 Å². The summed E-state index contributed by atoms with van der Waals surface area (Å²) in [5, 5.41) is 6.85. The van der Waals surface area contributed by atoms with Gasteiger partial charge in [0.05, 0.1) is 22.0 Å². The Balaban J connectivity index is 0.962. The van der Waals surface area contributed by atoms with Crippen LogP contribution >= 0.6 is 11.6 Å². The number of anilines is 1. The van der Waals surface area contributed by atoms with Gasteiger partial charge in [-0.2, -0.15) is 0 Å². The first-order valence-corrected chi connectivity index (χ1v) is 24.7. The smallest absolute Gasteiger partial charge is 0.268 e. The molecule has 6 aromatic rings. The number of allylic oxidation sites excluding steroid dienone is 1. The number of piperazine rings is 1. The minimum atomic E-state index is -4.32. The minimum Gasteiger partial charge on any atom is -0.493 e. The van der Waals surface area contributed by atoms with E-state index in [4.69, 9.17) is 26.2 Å². The molecular formula is C49H52ClN5O7S2. The summed E-state index contributed by atoms with van der Waals surface area (Å²) in [5.74, 6) is 0.360. The second-order valence-electron chi connectivity index (χ2n) is 17.4. The van der Waals surface area contributed by atoms with E-state index in [0.717, 1.165) is 79.2 Å². The molecule has 1 amide bonds. The summed E-state index contributed by atoms with van der Waals surface area (Å²) in [7, 11) is -8.11. The molecule has 0 unspecified atom stereocenters. The number of nitrogens with zero attached hydrogens (tertiary/aromatic N) is 2. The second-order valence-corrected chi connectivity index (χ2v) is 21.0. The van der Waals surface area contributed by atoms with Crippen molar-refractivity contribution in [1.82, 2.24) is 14.6 Å². The number of ether oxygens (including phenoxy) is 2. The molecule has 0 spiro atoms. The van der Waals surface area contributed by atoms with Crippen LogP contribution in [0.2, 0.25) is 5.02 Å². The van der Waals surface area contributed by atoms with Crippen molar-refractivity contribution in [3.8, 4) is 17.2 Å². The Morgan fingerprint density at radius 1 is 0.844 bits per heavy atom. The maximum absolute atomic E-state index is 14.0. The molecule has 5 aromatic carbocycles. The largest absolute Gasteiger partial charge is 0.493 e. The average molecular weight is 923 g/mol. The lowest BCUT2D eigenvalue weighted by molar-refractivity contribution is 0.0979. The molecule has 64 heavy (non-hydrogen) atoms. The van der Waals surface area contributed by atoms with E-state index in [1.54, 1.807) is 37.3 Å². The minimum absolute atomic E-state index is 0.0227. The van der Waals surface area contributed by atoms with E-state index in [0.29, 0.717) is 23.5 Å². The SMILES string of the molecule is Cc1cc(S(=O)(=O)NC(=O)c2ccc(N3CCN(CC4=C(c5ccc(Cl)cc5)CC(C)(C)CC4)CC3)cc2Oc2ccc3[nH]ccc3c2)ccc1OCCc1ccc(S(N)(=O)=O)cc1. The van der Waals surface area contributed by atoms with E-state index in [1.807, 2.05) is 48.7 Å². The molecule has 8 rings (SSSR count). The van der Waals surface area contributed by atoms with E-state index in [2.05, 4.69) is 45.5 Å². The number of H-pyrrole nitrogens is 1. The Hall–Kier alpha value is -5.64. The standard InChI is InChI=1S/C49H52ClN5O7S2/c1-33-28-42(14-17-46(33)61-27-20-34-4-12-41(13-5-34)63(51,57)58)64(59,60)53-48(56)43-15-10-39(30-47(43)62-40-11-16-45-36(29-40)19-22-52-45)55-25-23-54(24-26-55)32-37-18-21-49(2,3)31-44(37)35-6-8-38(50)9-7-35/h4-17,19,22,28-30,52H,18,20-21,23-27,31-32H2,1-3H3,(H,53,56)(H2,51,57,58). The van der Waals surface area contributed by atoms with Gasteiger partial charge in [-0.05, 0) is 133 Å². The van der Waals surface area contributed by atoms with Crippen LogP contribution in [0.25, 0.3) is 16.5 Å². The lowest BCUT2D eigenvalue weighted by atomic mass is 9.72.